The van der Waals surface area contributed by atoms with Crippen molar-refractivity contribution in [3.05, 3.63) is 12.2 Å². The average molecular weight is 239 g/mol. The van der Waals surface area contributed by atoms with Crippen LogP contribution in [-0.2, 0) is 17.7 Å². The highest BCUT2D eigenvalue weighted by atomic mass is 16.5. The number of ether oxygens (including phenoxy) is 1. The molecule has 0 saturated carbocycles. The summed E-state index contributed by atoms with van der Waals surface area (Å²) in [5.41, 5.74) is -0.790. The van der Waals surface area contributed by atoms with Crippen LogP contribution in [0.3, 0.4) is 0 Å². The molecule has 0 aliphatic carbocycles. The van der Waals surface area contributed by atoms with Crippen LogP contribution in [0.15, 0.2) is 6.33 Å². The number of aliphatic hydroxyl groups is 1. The maximum Gasteiger partial charge on any atom is 0.138 e. The molecule has 0 radical (unpaired) electrons. The van der Waals surface area contributed by atoms with E-state index in [1.807, 2.05) is 11.6 Å². The fourth-order valence-corrected chi connectivity index (χ4v) is 2.20. The fraction of sp³-hybridized carbons (Fsp3) is 0.833. The molecule has 1 N–H and O–H groups in total. The van der Waals surface area contributed by atoms with E-state index >= 15 is 0 Å². The summed E-state index contributed by atoms with van der Waals surface area (Å²) in [6.07, 6.45) is 2.61. The molecular formula is C12H21N3O2. The first-order chi connectivity index (χ1) is 8.01. The largest absolute Gasteiger partial charge is 0.387 e. The van der Waals surface area contributed by atoms with Crippen molar-refractivity contribution in [1.82, 2.24) is 14.8 Å². The Morgan fingerprint density at radius 2 is 2.41 bits per heavy atom. The normalized spacial score (nSPS) is 29.1. The second-order valence-corrected chi connectivity index (χ2v) is 5.30. The number of hydrogen-bond acceptors (Lipinski definition) is 4. The highest BCUT2D eigenvalue weighted by molar-refractivity contribution is 5.00. The Hall–Kier alpha value is -0.940. The van der Waals surface area contributed by atoms with E-state index < -0.39 is 5.60 Å². The molecule has 0 bridgehead atoms. The van der Waals surface area contributed by atoms with Gasteiger partial charge in [0.2, 0.25) is 0 Å². The number of nitrogens with zero attached hydrogens (tertiary/aromatic N) is 3. The first-order valence-corrected chi connectivity index (χ1v) is 6.22. The van der Waals surface area contributed by atoms with Gasteiger partial charge in [0.25, 0.3) is 0 Å². The van der Waals surface area contributed by atoms with Crippen molar-refractivity contribution in [1.29, 1.82) is 0 Å². The first-order valence-electron chi connectivity index (χ1n) is 6.22. The average Bonchev–Trinajstić information content (AvgIpc) is 2.76. The van der Waals surface area contributed by atoms with Gasteiger partial charge in [0.1, 0.15) is 12.2 Å². The van der Waals surface area contributed by atoms with E-state index in [0.29, 0.717) is 25.4 Å². The molecule has 2 rings (SSSR count). The van der Waals surface area contributed by atoms with Crippen LogP contribution in [0, 0.1) is 5.92 Å². The van der Waals surface area contributed by atoms with Gasteiger partial charge in [-0.05, 0) is 12.8 Å². The summed E-state index contributed by atoms with van der Waals surface area (Å²) in [4.78, 5) is 4.25. The van der Waals surface area contributed by atoms with Gasteiger partial charge in [0.15, 0.2) is 0 Å². The minimum atomic E-state index is -0.790. The van der Waals surface area contributed by atoms with Crippen LogP contribution in [-0.4, -0.2) is 38.2 Å². The SMILES string of the molecule is CC(C)Cn1ncnc1CC1(O)CCOC1C. The van der Waals surface area contributed by atoms with Crippen molar-refractivity contribution in [2.75, 3.05) is 6.61 Å². The third-order valence-corrected chi connectivity index (χ3v) is 3.36. The van der Waals surface area contributed by atoms with Crippen molar-refractivity contribution in [2.45, 2.75) is 51.9 Å². The Labute approximate surface area is 102 Å². The summed E-state index contributed by atoms with van der Waals surface area (Å²) < 4.78 is 7.31. The molecule has 1 aromatic rings. The Morgan fingerprint density at radius 1 is 1.65 bits per heavy atom. The highest BCUT2D eigenvalue weighted by Gasteiger charge is 2.40. The van der Waals surface area contributed by atoms with Gasteiger partial charge >= 0.3 is 0 Å². The van der Waals surface area contributed by atoms with Crippen LogP contribution >= 0.6 is 0 Å². The van der Waals surface area contributed by atoms with Crippen LogP contribution in [0.4, 0.5) is 0 Å². The molecule has 0 spiro atoms. The monoisotopic (exact) mass is 239 g/mol. The summed E-state index contributed by atoms with van der Waals surface area (Å²) >= 11 is 0. The zero-order valence-corrected chi connectivity index (χ0v) is 10.8. The lowest BCUT2D eigenvalue weighted by atomic mass is 9.92. The second kappa shape index (κ2) is 4.74. The van der Waals surface area contributed by atoms with E-state index in [2.05, 4.69) is 23.9 Å². The molecule has 1 fully saturated rings. The van der Waals surface area contributed by atoms with Crippen molar-refractivity contribution in [3.8, 4) is 0 Å². The molecule has 17 heavy (non-hydrogen) atoms. The van der Waals surface area contributed by atoms with Crippen molar-refractivity contribution < 1.29 is 9.84 Å². The molecule has 0 amide bonds. The van der Waals surface area contributed by atoms with Crippen LogP contribution in [0.1, 0.15) is 33.0 Å². The predicted octanol–water partition coefficient (Wildman–Crippen LogP) is 1.02. The van der Waals surface area contributed by atoms with Gasteiger partial charge in [-0.15, -0.1) is 0 Å². The molecule has 1 saturated heterocycles. The quantitative estimate of drug-likeness (QED) is 0.852. The molecule has 5 heteroatoms. The molecule has 0 aromatic carbocycles. The van der Waals surface area contributed by atoms with Crippen molar-refractivity contribution in [2.24, 2.45) is 5.92 Å². The predicted molar refractivity (Wildman–Crippen MR) is 63.5 cm³/mol. The molecule has 1 aliphatic rings. The minimum absolute atomic E-state index is 0.133. The molecule has 5 nitrogen and oxygen atoms in total. The maximum atomic E-state index is 10.5. The molecule has 2 heterocycles. The fourth-order valence-electron chi connectivity index (χ4n) is 2.20. The van der Waals surface area contributed by atoms with Gasteiger partial charge in [-0.3, -0.25) is 0 Å². The molecule has 1 aromatic heterocycles. The Kier molecular flexibility index (Phi) is 3.49. The Morgan fingerprint density at radius 3 is 3.00 bits per heavy atom. The maximum absolute atomic E-state index is 10.5. The molecule has 96 valence electrons. The van der Waals surface area contributed by atoms with E-state index in [1.165, 1.54) is 0 Å². The standard InChI is InChI=1S/C12H21N3O2/c1-9(2)7-15-11(13-8-14-15)6-12(16)4-5-17-10(12)3/h8-10,16H,4-7H2,1-3H3. The molecular weight excluding hydrogens is 218 g/mol. The summed E-state index contributed by atoms with van der Waals surface area (Å²) in [5, 5.41) is 14.7. The third kappa shape index (κ3) is 2.66. The van der Waals surface area contributed by atoms with E-state index in [1.54, 1.807) is 6.33 Å². The minimum Gasteiger partial charge on any atom is -0.387 e. The summed E-state index contributed by atoms with van der Waals surface area (Å²) in [6, 6.07) is 0. The first kappa shape index (κ1) is 12.5. The highest BCUT2D eigenvalue weighted by Crippen LogP contribution is 2.28. The Balaban J connectivity index is 2.10. The lowest BCUT2D eigenvalue weighted by molar-refractivity contribution is -0.0288. The van der Waals surface area contributed by atoms with E-state index in [9.17, 15) is 5.11 Å². The summed E-state index contributed by atoms with van der Waals surface area (Å²) in [7, 11) is 0. The molecule has 2 atom stereocenters. The zero-order valence-electron chi connectivity index (χ0n) is 10.8. The van der Waals surface area contributed by atoms with Gasteiger partial charge in [-0.25, -0.2) is 9.67 Å². The van der Waals surface area contributed by atoms with E-state index in [-0.39, 0.29) is 6.10 Å². The van der Waals surface area contributed by atoms with Crippen molar-refractivity contribution in [3.63, 3.8) is 0 Å². The zero-order chi connectivity index (χ0) is 12.5. The Bertz CT molecular complexity index is 378. The van der Waals surface area contributed by atoms with Gasteiger partial charge in [-0.2, -0.15) is 5.10 Å². The third-order valence-electron chi connectivity index (χ3n) is 3.36. The van der Waals surface area contributed by atoms with Crippen LogP contribution in [0.5, 0.6) is 0 Å². The lowest BCUT2D eigenvalue weighted by Gasteiger charge is -2.25. The lowest BCUT2D eigenvalue weighted by Crippen LogP contribution is -2.39. The van der Waals surface area contributed by atoms with Crippen LogP contribution in [0.25, 0.3) is 0 Å². The van der Waals surface area contributed by atoms with Gasteiger partial charge in [-0.1, -0.05) is 13.8 Å². The summed E-state index contributed by atoms with van der Waals surface area (Å²) in [6.45, 7) is 7.65. The smallest absolute Gasteiger partial charge is 0.138 e. The molecule has 1 aliphatic heterocycles. The van der Waals surface area contributed by atoms with Crippen molar-refractivity contribution >= 4 is 0 Å². The number of hydrogen-bond donors (Lipinski definition) is 1. The van der Waals surface area contributed by atoms with Gasteiger partial charge in [0.05, 0.1) is 11.7 Å². The second-order valence-electron chi connectivity index (χ2n) is 5.30. The summed E-state index contributed by atoms with van der Waals surface area (Å²) in [5.74, 6) is 1.36. The number of rotatable bonds is 4. The van der Waals surface area contributed by atoms with E-state index in [4.69, 9.17) is 4.74 Å². The van der Waals surface area contributed by atoms with Crippen LogP contribution in [0.2, 0.25) is 0 Å². The topological polar surface area (TPSA) is 60.2 Å². The van der Waals surface area contributed by atoms with Gasteiger partial charge < -0.3 is 9.84 Å². The number of aromatic nitrogens is 3. The van der Waals surface area contributed by atoms with Gasteiger partial charge in [0, 0.05) is 26.0 Å². The van der Waals surface area contributed by atoms with E-state index in [0.717, 1.165) is 12.4 Å². The van der Waals surface area contributed by atoms with Crippen LogP contribution < -0.4 is 0 Å². The molecule has 2 unspecified atom stereocenters.